The van der Waals surface area contributed by atoms with E-state index in [9.17, 15) is 8.22 Å². The molecule has 14 rings (SSSR count). The molecule has 0 N–H and O–H groups in total. The van der Waals surface area contributed by atoms with Crippen LogP contribution < -0.4 is 0 Å². The van der Waals surface area contributed by atoms with Gasteiger partial charge in [0.1, 0.15) is 11.3 Å². The summed E-state index contributed by atoms with van der Waals surface area (Å²) in [5, 5.41) is 4.60. The van der Waals surface area contributed by atoms with Gasteiger partial charge >= 0.3 is 0 Å². The molecule has 5 aromatic heterocycles. The zero-order valence-corrected chi connectivity index (χ0v) is 33.2. The van der Waals surface area contributed by atoms with Gasteiger partial charge in [0.15, 0.2) is 17.2 Å². The molecule has 7 nitrogen and oxygen atoms in total. The van der Waals surface area contributed by atoms with Crippen molar-refractivity contribution in [3.8, 4) is 40.1 Å². The second-order valence-corrected chi connectivity index (χ2v) is 15.4. The average molecular weight is 832 g/mol. The monoisotopic (exact) mass is 831 g/mol. The smallest absolute Gasteiger partial charge is 0.238 e. The van der Waals surface area contributed by atoms with Gasteiger partial charge in [-0.25, -0.2) is 4.98 Å². The molecule has 0 unspecified atom stereocenters. The third kappa shape index (κ3) is 4.89. The highest BCUT2D eigenvalue weighted by Gasteiger charge is 2.30. The first-order chi connectivity index (χ1) is 37.2. The summed E-state index contributed by atoms with van der Waals surface area (Å²) in [4.78, 5) is 15.3. The van der Waals surface area contributed by atoms with Gasteiger partial charge in [-0.15, -0.1) is 0 Å². The zero-order valence-electron chi connectivity index (χ0n) is 46.2. The standard InChI is InChI=1S/C57H34N6O/c1-2-18-35(19-3-1)55-58-56(60-57(59-55)63-48-31-15-8-24-40(48)41-25-9-16-32-49(41)63)52-50(61-44-27-11-4-20-36(44)37-21-5-12-28-45(37)61)34-43-42-26-10-17-33-51(42)64-54(43)53(52)62-46-29-13-6-22-38(46)39-23-7-14-30-47(39)62/h1-34H/i1D,2D,3D,8D,9D,15D,16D,18D,19D,24D,25D,31D,32D. The minimum atomic E-state index is -0.690. The van der Waals surface area contributed by atoms with Crippen LogP contribution in [0.3, 0.4) is 0 Å². The fraction of sp³-hybridized carbons (Fsp3) is 0. The molecule has 0 amide bonds. The van der Waals surface area contributed by atoms with Crippen molar-refractivity contribution in [2.45, 2.75) is 0 Å². The van der Waals surface area contributed by atoms with E-state index >= 15 is 0 Å². The SMILES string of the molecule is [2H]c1c([2H])c([2H])c(-c2nc(-c3c(-n4c5ccccc5c5ccccc54)cc4c(oc5ccccc54)c3-n3c4ccccc4c4ccccc43)nc(-n3c4c([2H])c([2H])c([2H])c([2H])c4c4c([2H])c([2H])c([2H])c([2H])c43)n2)c([2H])c1[2H]. The number of nitrogens with zero attached hydrogens (tertiary/aromatic N) is 6. The van der Waals surface area contributed by atoms with Crippen LogP contribution in [0, 0.1) is 0 Å². The van der Waals surface area contributed by atoms with Crippen LogP contribution in [0.2, 0.25) is 0 Å². The number of para-hydroxylation sites is 7. The number of hydrogen-bond donors (Lipinski definition) is 0. The molecule has 0 spiro atoms. The summed E-state index contributed by atoms with van der Waals surface area (Å²) >= 11 is 0. The van der Waals surface area contributed by atoms with E-state index in [2.05, 4.69) is 9.13 Å². The van der Waals surface area contributed by atoms with E-state index in [1.165, 1.54) is 0 Å². The summed E-state index contributed by atoms with van der Waals surface area (Å²) in [6.45, 7) is 0. The van der Waals surface area contributed by atoms with Crippen molar-refractivity contribution >= 4 is 87.4 Å². The Morgan fingerprint density at radius 3 is 1.47 bits per heavy atom. The predicted octanol–water partition coefficient (Wildman–Crippen LogP) is 14.4. The first-order valence-electron chi connectivity index (χ1n) is 27.0. The van der Waals surface area contributed by atoms with E-state index in [0.29, 0.717) is 27.9 Å². The molecule has 298 valence electrons. The van der Waals surface area contributed by atoms with Gasteiger partial charge < -0.3 is 13.6 Å². The summed E-state index contributed by atoms with van der Waals surface area (Å²) in [7, 11) is 0. The van der Waals surface area contributed by atoms with Gasteiger partial charge in [-0.1, -0.05) is 157 Å². The first kappa shape index (κ1) is 24.6. The molecule has 0 bridgehead atoms. The first-order valence-corrected chi connectivity index (χ1v) is 20.5. The largest absolute Gasteiger partial charge is 0.454 e. The molecule has 0 saturated carbocycles. The minimum Gasteiger partial charge on any atom is -0.454 e. The van der Waals surface area contributed by atoms with Gasteiger partial charge in [-0.3, -0.25) is 4.57 Å². The van der Waals surface area contributed by atoms with Crippen molar-refractivity contribution in [1.29, 1.82) is 0 Å². The maximum Gasteiger partial charge on any atom is 0.238 e. The summed E-state index contributed by atoms with van der Waals surface area (Å²) in [6, 6.07) is 32.7. The van der Waals surface area contributed by atoms with Crippen molar-refractivity contribution in [2.75, 3.05) is 0 Å². The average Bonchev–Trinajstić information content (AvgIpc) is 4.25. The molecule has 64 heavy (non-hydrogen) atoms. The van der Waals surface area contributed by atoms with E-state index in [1.54, 1.807) is 0 Å². The second kappa shape index (κ2) is 13.3. The van der Waals surface area contributed by atoms with Crippen molar-refractivity contribution in [3.05, 3.63) is 206 Å². The van der Waals surface area contributed by atoms with E-state index in [1.807, 2.05) is 127 Å². The maximum absolute atomic E-state index is 9.44. The van der Waals surface area contributed by atoms with Crippen LogP contribution in [0.25, 0.3) is 127 Å². The molecule has 0 atom stereocenters. The lowest BCUT2D eigenvalue weighted by molar-refractivity contribution is 0.666. The topological polar surface area (TPSA) is 66.6 Å². The normalized spacial score (nSPS) is 14.9. The molecule has 5 heterocycles. The van der Waals surface area contributed by atoms with E-state index in [-0.39, 0.29) is 33.2 Å². The van der Waals surface area contributed by atoms with Crippen LogP contribution >= 0.6 is 0 Å². The minimum absolute atomic E-state index is 0.176. The number of hydrogen-bond acceptors (Lipinski definition) is 4. The second-order valence-electron chi connectivity index (χ2n) is 15.4. The van der Waals surface area contributed by atoms with Gasteiger partial charge in [-0.2, -0.15) is 9.97 Å². The fourth-order valence-corrected chi connectivity index (χ4v) is 9.45. The molecule has 0 aliphatic carbocycles. The molecular formula is C57H34N6O. The van der Waals surface area contributed by atoms with E-state index in [4.69, 9.17) is 29.0 Å². The number of rotatable bonds is 5. The highest BCUT2D eigenvalue weighted by Crippen LogP contribution is 2.47. The molecule has 0 fully saturated rings. The van der Waals surface area contributed by atoms with Crippen LogP contribution in [-0.4, -0.2) is 28.7 Å². The van der Waals surface area contributed by atoms with Crippen LogP contribution in [0.4, 0.5) is 0 Å². The lowest BCUT2D eigenvalue weighted by Crippen LogP contribution is -2.10. The number of benzene rings is 9. The van der Waals surface area contributed by atoms with Gasteiger partial charge in [0.25, 0.3) is 0 Å². The number of aromatic nitrogens is 6. The Morgan fingerprint density at radius 1 is 0.391 bits per heavy atom. The zero-order chi connectivity index (χ0) is 53.2. The van der Waals surface area contributed by atoms with Gasteiger partial charge in [0.05, 0.1) is 62.2 Å². The number of fused-ring (bicyclic) bond motifs is 12. The summed E-state index contributed by atoms with van der Waals surface area (Å²) in [6.07, 6.45) is 0. The highest BCUT2D eigenvalue weighted by atomic mass is 16.3. The van der Waals surface area contributed by atoms with E-state index < -0.39 is 95.9 Å². The quantitative estimate of drug-likeness (QED) is 0.173. The molecule has 0 aliphatic heterocycles. The van der Waals surface area contributed by atoms with Crippen LogP contribution in [-0.2, 0) is 0 Å². The van der Waals surface area contributed by atoms with Gasteiger partial charge in [0.2, 0.25) is 5.95 Å². The highest BCUT2D eigenvalue weighted by molar-refractivity contribution is 6.17. The molecule has 0 radical (unpaired) electrons. The molecule has 0 aliphatic rings. The Morgan fingerprint density at radius 2 is 0.875 bits per heavy atom. The molecule has 7 heteroatoms. The summed E-state index contributed by atoms with van der Waals surface area (Å²) in [5.41, 5.74) is 4.16. The Balaban J connectivity index is 1.28. The van der Waals surface area contributed by atoms with Gasteiger partial charge in [-0.05, 0) is 48.5 Å². The summed E-state index contributed by atoms with van der Waals surface area (Å²) < 4.78 is 130. The molecular weight excluding hydrogens is 785 g/mol. The van der Waals surface area contributed by atoms with E-state index in [0.717, 1.165) is 53.6 Å². The molecule has 9 aromatic carbocycles. The Labute approximate surface area is 383 Å². The van der Waals surface area contributed by atoms with Crippen molar-refractivity contribution < 1.29 is 22.2 Å². The Kier molecular flexibility index (Phi) is 5.13. The number of furan rings is 1. The Hall–Kier alpha value is -8.81. The summed E-state index contributed by atoms with van der Waals surface area (Å²) in [5.74, 6) is -1.09. The van der Waals surface area contributed by atoms with Crippen LogP contribution in [0.1, 0.15) is 17.8 Å². The lowest BCUT2D eigenvalue weighted by Gasteiger charge is -2.20. The predicted molar refractivity (Wildman–Crippen MR) is 261 cm³/mol. The van der Waals surface area contributed by atoms with Crippen LogP contribution in [0.15, 0.2) is 210 Å². The third-order valence-electron chi connectivity index (χ3n) is 12.1. The fourth-order valence-electron chi connectivity index (χ4n) is 9.45. The van der Waals surface area contributed by atoms with Crippen molar-refractivity contribution in [3.63, 3.8) is 0 Å². The van der Waals surface area contributed by atoms with Crippen LogP contribution in [0.5, 0.6) is 0 Å². The van der Waals surface area contributed by atoms with Crippen molar-refractivity contribution in [1.82, 2.24) is 28.7 Å². The lowest BCUT2D eigenvalue weighted by atomic mass is 10.0. The molecule has 14 aromatic rings. The molecule has 0 saturated heterocycles. The van der Waals surface area contributed by atoms with Gasteiger partial charge in [0, 0.05) is 48.7 Å². The Bertz CT molecular complexity index is 4790. The maximum atomic E-state index is 9.44. The van der Waals surface area contributed by atoms with Crippen molar-refractivity contribution in [2.24, 2.45) is 0 Å². The third-order valence-corrected chi connectivity index (χ3v) is 12.1.